The Morgan fingerprint density at radius 1 is 1.53 bits per heavy atom. The Kier molecular flexibility index (Phi) is 3.43. The molecule has 5 heteroatoms. The molecule has 0 amide bonds. The van der Waals surface area contributed by atoms with E-state index in [0.29, 0.717) is 12.2 Å². The van der Waals surface area contributed by atoms with Crippen molar-refractivity contribution in [2.75, 3.05) is 5.32 Å². The first-order valence-corrected chi connectivity index (χ1v) is 6.53. The summed E-state index contributed by atoms with van der Waals surface area (Å²) >= 11 is 6.09. The van der Waals surface area contributed by atoms with E-state index in [9.17, 15) is 4.79 Å². The third kappa shape index (κ3) is 2.18. The molecule has 1 aromatic rings. The van der Waals surface area contributed by atoms with Crippen LogP contribution in [0, 0.1) is 0 Å². The second kappa shape index (κ2) is 4.69. The van der Waals surface area contributed by atoms with Crippen LogP contribution in [0.5, 0.6) is 0 Å². The largest absolute Gasteiger partial charge is 0.377 e. The van der Waals surface area contributed by atoms with Crippen LogP contribution in [-0.4, -0.2) is 15.3 Å². The van der Waals surface area contributed by atoms with Crippen LogP contribution in [0.4, 0.5) is 5.69 Å². The van der Waals surface area contributed by atoms with Gasteiger partial charge in [-0.05, 0) is 32.6 Å². The monoisotopic (exact) mass is 255 g/mol. The van der Waals surface area contributed by atoms with Crippen molar-refractivity contribution in [1.82, 2.24) is 9.78 Å². The van der Waals surface area contributed by atoms with Gasteiger partial charge in [0.2, 0.25) is 0 Å². The van der Waals surface area contributed by atoms with Crippen LogP contribution in [0.3, 0.4) is 0 Å². The van der Waals surface area contributed by atoms with E-state index in [-0.39, 0.29) is 16.1 Å². The van der Waals surface area contributed by atoms with Gasteiger partial charge in [-0.2, -0.15) is 5.10 Å². The van der Waals surface area contributed by atoms with Crippen molar-refractivity contribution in [2.45, 2.75) is 51.6 Å². The number of aromatic nitrogens is 2. The molecule has 1 aliphatic carbocycles. The lowest BCUT2D eigenvalue weighted by Crippen LogP contribution is -2.44. The van der Waals surface area contributed by atoms with Crippen LogP contribution in [0.15, 0.2) is 11.0 Å². The van der Waals surface area contributed by atoms with Crippen molar-refractivity contribution in [3.8, 4) is 0 Å². The molecule has 2 rings (SSSR count). The van der Waals surface area contributed by atoms with Crippen molar-refractivity contribution in [1.29, 1.82) is 0 Å². The Bertz CT molecular complexity index is 460. The van der Waals surface area contributed by atoms with E-state index in [1.807, 2.05) is 6.92 Å². The maximum Gasteiger partial charge on any atom is 0.287 e. The number of rotatable bonds is 4. The Hall–Kier alpha value is -1.03. The van der Waals surface area contributed by atoms with Gasteiger partial charge in [0.25, 0.3) is 5.56 Å². The number of hydrogen-bond donors (Lipinski definition) is 1. The van der Waals surface area contributed by atoms with Crippen molar-refractivity contribution < 1.29 is 0 Å². The van der Waals surface area contributed by atoms with Crippen LogP contribution in [0.1, 0.15) is 39.5 Å². The highest BCUT2D eigenvalue weighted by atomic mass is 35.5. The first-order valence-electron chi connectivity index (χ1n) is 6.15. The van der Waals surface area contributed by atoms with Gasteiger partial charge < -0.3 is 5.32 Å². The molecule has 1 saturated carbocycles. The molecule has 4 nitrogen and oxygen atoms in total. The van der Waals surface area contributed by atoms with E-state index < -0.39 is 0 Å². The van der Waals surface area contributed by atoms with Gasteiger partial charge in [-0.3, -0.25) is 4.79 Å². The van der Waals surface area contributed by atoms with Crippen LogP contribution in [0.2, 0.25) is 5.02 Å². The highest BCUT2D eigenvalue weighted by Crippen LogP contribution is 2.38. The SMILES string of the molecule is CCn1ncc(NC2(CC)CCC2)c(Cl)c1=O. The molecule has 0 unspecified atom stereocenters. The van der Waals surface area contributed by atoms with E-state index in [1.54, 1.807) is 6.20 Å². The fraction of sp³-hybridized carbons (Fsp3) is 0.667. The average Bonchev–Trinajstić information content (AvgIpc) is 2.29. The van der Waals surface area contributed by atoms with Gasteiger partial charge in [-0.15, -0.1) is 0 Å². The Labute approximate surface area is 106 Å². The molecule has 0 atom stereocenters. The van der Waals surface area contributed by atoms with E-state index in [4.69, 9.17) is 11.6 Å². The molecule has 17 heavy (non-hydrogen) atoms. The molecule has 0 saturated heterocycles. The zero-order valence-corrected chi connectivity index (χ0v) is 11.0. The number of anilines is 1. The van der Waals surface area contributed by atoms with Crippen LogP contribution >= 0.6 is 11.6 Å². The molecule has 0 bridgehead atoms. The maximum atomic E-state index is 11.8. The Morgan fingerprint density at radius 2 is 2.24 bits per heavy atom. The van der Waals surface area contributed by atoms with Crippen LogP contribution < -0.4 is 10.9 Å². The normalized spacial score (nSPS) is 17.6. The van der Waals surface area contributed by atoms with E-state index in [1.165, 1.54) is 11.1 Å². The lowest BCUT2D eigenvalue weighted by Gasteiger charge is -2.42. The van der Waals surface area contributed by atoms with Gasteiger partial charge in [0.1, 0.15) is 5.02 Å². The molecular weight excluding hydrogens is 238 g/mol. The highest BCUT2D eigenvalue weighted by Gasteiger charge is 2.35. The molecule has 0 spiro atoms. The lowest BCUT2D eigenvalue weighted by atomic mass is 9.75. The minimum absolute atomic E-state index is 0.121. The first kappa shape index (κ1) is 12.4. The zero-order chi connectivity index (χ0) is 12.5. The summed E-state index contributed by atoms with van der Waals surface area (Å²) in [7, 11) is 0. The molecule has 0 aliphatic heterocycles. The summed E-state index contributed by atoms with van der Waals surface area (Å²) in [5, 5.41) is 7.74. The van der Waals surface area contributed by atoms with Gasteiger partial charge >= 0.3 is 0 Å². The van der Waals surface area contributed by atoms with Crippen molar-refractivity contribution in [3.63, 3.8) is 0 Å². The number of nitrogens with one attached hydrogen (secondary N) is 1. The Balaban J connectivity index is 2.28. The quantitative estimate of drug-likeness (QED) is 0.900. The number of nitrogens with zero attached hydrogens (tertiary/aromatic N) is 2. The average molecular weight is 256 g/mol. The third-order valence-electron chi connectivity index (χ3n) is 3.67. The molecule has 1 fully saturated rings. The summed E-state index contributed by atoms with van der Waals surface area (Å²) in [5.41, 5.74) is 0.573. The summed E-state index contributed by atoms with van der Waals surface area (Å²) in [6.45, 7) is 4.57. The standard InChI is InChI=1S/C12H18ClN3O/c1-3-12(6-5-7-12)15-9-8-14-16(4-2)11(17)10(9)13/h8,15H,3-7H2,1-2H3. The maximum absolute atomic E-state index is 11.8. The summed E-state index contributed by atoms with van der Waals surface area (Å²) < 4.78 is 1.37. The predicted molar refractivity (Wildman–Crippen MR) is 69.7 cm³/mol. The predicted octanol–water partition coefficient (Wildman–Crippen LogP) is 2.66. The molecule has 1 aromatic heterocycles. The fourth-order valence-corrected chi connectivity index (χ4v) is 2.43. The molecule has 0 radical (unpaired) electrons. The zero-order valence-electron chi connectivity index (χ0n) is 10.3. The second-order valence-corrected chi connectivity index (χ2v) is 4.98. The number of hydrogen-bond acceptors (Lipinski definition) is 3. The van der Waals surface area contributed by atoms with Gasteiger partial charge in [-0.25, -0.2) is 4.68 Å². The highest BCUT2D eigenvalue weighted by molar-refractivity contribution is 6.32. The summed E-state index contributed by atoms with van der Waals surface area (Å²) in [5.74, 6) is 0. The number of aryl methyl sites for hydroxylation is 1. The van der Waals surface area contributed by atoms with Crippen molar-refractivity contribution in [2.24, 2.45) is 0 Å². The first-order chi connectivity index (χ1) is 8.12. The molecule has 1 heterocycles. The Morgan fingerprint density at radius 3 is 2.71 bits per heavy atom. The molecule has 1 N–H and O–H groups in total. The minimum atomic E-state index is -0.218. The van der Waals surface area contributed by atoms with E-state index >= 15 is 0 Å². The van der Waals surface area contributed by atoms with Crippen LogP contribution in [0.25, 0.3) is 0 Å². The fourth-order valence-electron chi connectivity index (χ4n) is 2.23. The van der Waals surface area contributed by atoms with Gasteiger partial charge in [0, 0.05) is 12.1 Å². The smallest absolute Gasteiger partial charge is 0.287 e. The van der Waals surface area contributed by atoms with Crippen molar-refractivity contribution >= 4 is 17.3 Å². The van der Waals surface area contributed by atoms with Gasteiger partial charge in [-0.1, -0.05) is 18.5 Å². The summed E-state index contributed by atoms with van der Waals surface area (Å²) in [6.07, 6.45) is 6.20. The van der Waals surface area contributed by atoms with Crippen molar-refractivity contribution in [3.05, 3.63) is 21.6 Å². The van der Waals surface area contributed by atoms with E-state index in [2.05, 4.69) is 17.3 Å². The van der Waals surface area contributed by atoms with Gasteiger partial charge in [0.15, 0.2) is 0 Å². The minimum Gasteiger partial charge on any atom is -0.377 e. The molecule has 1 aliphatic rings. The third-order valence-corrected chi connectivity index (χ3v) is 4.04. The molecule has 94 valence electrons. The number of halogens is 1. The summed E-state index contributed by atoms with van der Waals surface area (Å²) in [4.78, 5) is 11.8. The van der Waals surface area contributed by atoms with E-state index in [0.717, 1.165) is 19.3 Å². The molecular formula is C12H18ClN3O. The second-order valence-electron chi connectivity index (χ2n) is 4.61. The van der Waals surface area contributed by atoms with Crippen LogP contribution in [-0.2, 0) is 6.54 Å². The van der Waals surface area contributed by atoms with Gasteiger partial charge in [0.05, 0.1) is 11.9 Å². The lowest BCUT2D eigenvalue weighted by molar-refractivity contribution is 0.269. The summed E-state index contributed by atoms with van der Waals surface area (Å²) in [6, 6.07) is 0. The topological polar surface area (TPSA) is 46.9 Å². The molecule has 0 aromatic carbocycles.